The van der Waals surface area contributed by atoms with E-state index in [1.807, 2.05) is 25.2 Å². The second kappa shape index (κ2) is 7.43. The van der Waals surface area contributed by atoms with Gasteiger partial charge in [0.05, 0.1) is 12.6 Å². The summed E-state index contributed by atoms with van der Waals surface area (Å²) in [7, 11) is 2.00. The fourth-order valence-electron chi connectivity index (χ4n) is 3.83. The standard InChI is InChI=1S/C18H27N3O2/c1-20-12-15(10-16(20)13-22)19-18(23)17-8-5-9-21(17)11-14-6-3-2-4-7-14/h2-4,6-7,15-17,22H,5,8-13H2,1H3,(H,19,23). The Labute approximate surface area is 138 Å². The van der Waals surface area contributed by atoms with Gasteiger partial charge in [-0.3, -0.25) is 14.6 Å². The minimum Gasteiger partial charge on any atom is -0.395 e. The van der Waals surface area contributed by atoms with E-state index in [0.717, 1.165) is 38.9 Å². The van der Waals surface area contributed by atoms with Crippen molar-refractivity contribution >= 4 is 5.91 Å². The zero-order valence-electron chi connectivity index (χ0n) is 13.8. The molecule has 2 fully saturated rings. The number of hydrogen-bond acceptors (Lipinski definition) is 4. The van der Waals surface area contributed by atoms with Crippen molar-refractivity contribution in [3.8, 4) is 0 Å². The Hall–Kier alpha value is -1.43. The molecule has 2 saturated heterocycles. The number of aliphatic hydroxyl groups is 1. The average Bonchev–Trinajstić information content (AvgIpc) is 3.14. The number of amides is 1. The van der Waals surface area contributed by atoms with Crippen molar-refractivity contribution in [1.82, 2.24) is 15.1 Å². The van der Waals surface area contributed by atoms with E-state index in [1.54, 1.807) is 0 Å². The van der Waals surface area contributed by atoms with Gasteiger partial charge >= 0.3 is 0 Å². The van der Waals surface area contributed by atoms with Crippen molar-refractivity contribution in [2.45, 2.75) is 43.9 Å². The number of nitrogens with zero attached hydrogens (tertiary/aromatic N) is 2. The SMILES string of the molecule is CN1CC(NC(=O)C2CCCN2Cc2ccccc2)CC1CO. The first-order valence-electron chi connectivity index (χ1n) is 8.57. The molecule has 5 heteroatoms. The van der Waals surface area contributed by atoms with Gasteiger partial charge in [0.15, 0.2) is 0 Å². The minimum atomic E-state index is -0.0197. The van der Waals surface area contributed by atoms with Crippen LogP contribution >= 0.6 is 0 Å². The summed E-state index contributed by atoms with van der Waals surface area (Å²) in [4.78, 5) is 17.1. The van der Waals surface area contributed by atoms with E-state index in [-0.39, 0.29) is 30.6 Å². The highest BCUT2D eigenvalue weighted by molar-refractivity contribution is 5.82. The van der Waals surface area contributed by atoms with Crippen LogP contribution in [0.25, 0.3) is 0 Å². The summed E-state index contributed by atoms with van der Waals surface area (Å²) in [5, 5.41) is 12.5. The largest absolute Gasteiger partial charge is 0.395 e. The number of likely N-dealkylation sites (N-methyl/N-ethyl adjacent to an activating group) is 1. The zero-order valence-corrected chi connectivity index (χ0v) is 13.8. The van der Waals surface area contributed by atoms with Crippen LogP contribution in [0.1, 0.15) is 24.8 Å². The smallest absolute Gasteiger partial charge is 0.237 e. The molecule has 0 aromatic heterocycles. The van der Waals surface area contributed by atoms with Crippen molar-refractivity contribution in [2.24, 2.45) is 0 Å². The molecule has 0 bridgehead atoms. The molecule has 2 N–H and O–H groups in total. The summed E-state index contributed by atoms with van der Waals surface area (Å²) in [6, 6.07) is 10.7. The lowest BCUT2D eigenvalue weighted by Crippen LogP contribution is -2.47. The molecule has 126 valence electrons. The summed E-state index contributed by atoms with van der Waals surface area (Å²) >= 11 is 0. The number of carbonyl (C=O) groups is 1. The highest BCUT2D eigenvalue weighted by Gasteiger charge is 2.35. The molecule has 0 radical (unpaired) electrons. The van der Waals surface area contributed by atoms with Gasteiger partial charge in [0.25, 0.3) is 0 Å². The molecule has 5 nitrogen and oxygen atoms in total. The molecule has 1 amide bonds. The maximum absolute atomic E-state index is 12.7. The summed E-state index contributed by atoms with van der Waals surface area (Å²) in [5.74, 6) is 0.149. The molecular weight excluding hydrogens is 290 g/mol. The van der Waals surface area contributed by atoms with Crippen LogP contribution in [-0.2, 0) is 11.3 Å². The number of nitrogens with one attached hydrogen (secondary N) is 1. The molecule has 3 rings (SSSR count). The maximum Gasteiger partial charge on any atom is 0.237 e. The fourth-order valence-corrected chi connectivity index (χ4v) is 3.83. The number of benzene rings is 1. The van der Waals surface area contributed by atoms with Gasteiger partial charge in [-0.25, -0.2) is 0 Å². The second-order valence-corrected chi connectivity index (χ2v) is 6.83. The van der Waals surface area contributed by atoms with Gasteiger partial charge in [-0.15, -0.1) is 0 Å². The van der Waals surface area contributed by atoms with Gasteiger partial charge in [-0.2, -0.15) is 0 Å². The van der Waals surface area contributed by atoms with Crippen LogP contribution < -0.4 is 5.32 Å². The number of rotatable bonds is 5. The molecule has 2 heterocycles. The number of hydrogen-bond donors (Lipinski definition) is 2. The predicted molar refractivity (Wildman–Crippen MR) is 89.9 cm³/mol. The van der Waals surface area contributed by atoms with Crippen molar-refractivity contribution < 1.29 is 9.90 Å². The number of carbonyl (C=O) groups excluding carboxylic acids is 1. The number of aliphatic hydroxyl groups excluding tert-OH is 1. The Kier molecular flexibility index (Phi) is 5.30. The van der Waals surface area contributed by atoms with Gasteiger partial charge in [0, 0.05) is 25.2 Å². The van der Waals surface area contributed by atoms with Crippen LogP contribution in [0.4, 0.5) is 0 Å². The van der Waals surface area contributed by atoms with Gasteiger partial charge in [0.2, 0.25) is 5.91 Å². The van der Waals surface area contributed by atoms with E-state index >= 15 is 0 Å². The molecule has 0 saturated carbocycles. The van der Waals surface area contributed by atoms with Crippen LogP contribution in [0.5, 0.6) is 0 Å². The Balaban J connectivity index is 1.56. The van der Waals surface area contributed by atoms with Crippen molar-refractivity contribution in [2.75, 3.05) is 26.7 Å². The van der Waals surface area contributed by atoms with Gasteiger partial charge in [-0.05, 0) is 38.4 Å². The monoisotopic (exact) mass is 317 g/mol. The third kappa shape index (κ3) is 3.91. The normalized spacial score (nSPS) is 29.0. The van der Waals surface area contributed by atoms with E-state index in [9.17, 15) is 9.90 Å². The predicted octanol–water partition coefficient (Wildman–Crippen LogP) is 0.832. The maximum atomic E-state index is 12.7. The van der Waals surface area contributed by atoms with Crippen LogP contribution in [-0.4, -0.2) is 65.7 Å². The first-order chi connectivity index (χ1) is 11.2. The number of likely N-dealkylation sites (tertiary alicyclic amines) is 2. The Bertz CT molecular complexity index is 522. The molecule has 3 atom stereocenters. The lowest BCUT2D eigenvalue weighted by molar-refractivity contribution is -0.126. The second-order valence-electron chi connectivity index (χ2n) is 6.83. The molecule has 2 aliphatic heterocycles. The molecular formula is C18H27N3O2. The summed E-state index contributed by atoms with van der Waals surface area (Å²) in [6.45, 7) is 2.80. The van der Waals surface area contributed by atoms with Crippen molar-refractivity contribution in [3.05, 3.63) is 35.9 Å². The average molecular weight is 317 g/mol. The Morgan fingerprint density at radius 1 is 1.35 bits per heavy atom. The molecule has 1 aromatic rings. The van der Waals surface area contributed by atoms with Crippen molar-refractivity contribution in [1.29, 1.82) is 0 Å². The molecule has 2 aliphatic rings. The van der Waals surface area contributed by atoms with E-state index in [0.29, 0.717) is 0 Å². The van der Waals surface area contributed by atoms with E-state index in [1.165, 1.54) is 5.56 Å². The molecule has 0 aliphatic carbocycles. The van der Waals surface area contributed by atoms with Crippen LogP contribution in [0.2, 0.25) is 0 Å². The Morgan fingerprint density at radius 2 is 2.13 bits per heavy atom. The van der Waals surface area contributed by atoms with E-state index in [4.69, 9.17) is 0 Å². The summed E-state index contributed by atoms with van der Waals surface area (Å²) < 4.78 is 0. The van der Waals surface area contributed by atoms with Gasteiger partial charge in [-0.1, -0.05) is 30.3 Å². The first-order valence-corrected chi connectivity index (χ1v) is 8.57. The molecule has 23 heavy (non-hydrogen) atoms. The van der Waals surface area contributed by atoms with Crippen molar-refractivity contribution in [3.63, 3.8) is 0 Å². The quantitative estimate of drug-likeness (QED) is 0.845. The topological polar surface area (TPSA) is 55.8 Å². The molecule has 1 aromatic carbocycles. The highest BCUT2D eigenvalue weighted by atomic mass is 16.3. The third-order valence-electron chi connectivity index (χ3n) is 5.14. The van der Waals surface area contributed by atoms with E-state index < -0.39 is 0 Å². The lowest BCUT2D eigenvalue weighted by atomic mass is 10.1. The summed E-state index contributed by atoms with van der Waals surface area (Å²) in [6.07, 6.45) is 2.85. The van der Waals surface area contributed by atoms with Gasteiger partial charge < -0.3 is 10.4 Å². The Morgan fingerprint density at radius 3 is 2.83 bits per heavy atom. The third-order valence-corrected chi connectivity index (χ3v) is 5.14. The lowest BCUT2D eigenvalue weighted by Gasteiger charge is -2.25. The minimum absolute atomic E-state index is 0.0197. The van der Waals surface area contributed by atoms with Crippen LogP contribution in [0.3, 0.4) is 0 Å². The van der Waals surface area contributed by atoms with Gasteiger partial charge in [0.1, 0.15) is 0 Å². The highest BCUT2D eigenvalue weighted by Crippen LogP contribution is 2.21. The van der Waals surface area contributed by atoms with E-state index in [2.05, 4.69) is 27.2 Å². The zero-order chi connectivity index (χ0) is 16.2. The van der Waals surface area contributed by atoms with Crippen LogP contribution in [0.15, 0.2) is 30.3 Å². The molecule has 3 unspecified atom stereocenters. The first kappa shape index (κ1) is 16.4. The fraction of sp³-hybridized carbons (Fsp3) is 0.611. The van der Waals surface area contributed by atoms with Crippen LogP contribution in [0, 0.1) is 0 Å². The summed E-state index contributed by atoms with van der Waals surface area (Å²) in [5.41, 5.74) is 1.26. The molecule has 0 spiro atoms.